The summed E-state index contributed by atoms with van der Waals surface area (Å²) >= 11 is 0. The number of likely N-dealkylation sites (tertiary alicyclic amines) is 1. The third-order valence-electron chi connectivity index (χ3n) is 7.28. The van der Waals surface area contributed by atoms with Crippen LogP contribution in [0.4, 0.5) is 13.2 Å². The first-order valence-electron chi connectivity index (χ1n) is 12.2. The molecule has 7 nitrogen and oxygen atoms in total. The number of oxime groups is 1. The zero-order valence-electron chi connectivity index (χ0n) is 20.7. The molecule has 2 aromatic carbocycles. The highest BCUT2D eigenvalue weighted by molar-refractivity contribution is 6.03. The molecule has 10 heteroatoms. The lowest BCUT2D eigenvalue weighted by Crippen LogP contribution is -2.44. The van der Waals surface area contributed by atoms with E-state index in [1.165, 1.54) is 25.1 Å². The van der Waals surface area contributed by atoms with Crippen LogP contribution in [0.3, 0.4) is 0 Å². The molecular weight excluding hydrogens is 497 g/mol. The van der Waals surface area contributed by atoms with E-state index in [1.807, 2.05) is 6.07 Å². The maximum Gasteiger partial charge on any atom is 0.416 e. The van der Waals surface area contributed by atoms with Crippen LogP contribution in [-0.4, -0.2) is 40.2 Å². The standard InChI is InChI=1S/C28H25F3N4O3/c1-18-13-23(21-3-2-10-32-16-21)22(14-24(18)28(29,30)31)17-35-11-8-27(9-12-35)15-25(34-38-27)19-4-6-20(7-5-19)26(36)33-37/h2-7,10,13-14,16H,8-9,11-12,15,17H2,1H3. The Kier molecular flexibility index (Phi) is 6.83. The summed E-state index contributed by atoms with van der Waals surface area (Å²) in [5.41, 5.74) is 2.98. The second kappa shape index (κ2) is 10.1. The van der Waals surface area contributed by atoms with Gasteiger partial charge in [0, 0.05) is 67.6 Å². The van der Waals surface area contributed by atoms with Gasteiger partial charge in [0.1, 0.15) is 5.60 Å². The lowest BCUT2D eigenvalue weighted by atomic mass is 9.85. The summed E-state index contributed by atoms with van der Waals surface area (Å²) in [6, 6.07) is 13.0. The van der Waals surface area contributed by atoms with Crippen LogP contribution in [0, 0.1) is 11.8 Å². The zero-order valence-corrected chi connectivity index (χ0v) is 20.7. The molecule has 5 rings (SSSR count). The molecule has 3 aromatic rings. The van der Waals surface area contributed by atoms with E-state index in [1.54, 1.807) is 36.7 Å². The molecule has 0 unspecified atom stereocenters. The molecule has 0 aliphatic carbocycles. The quantitative estimate of drug-likeness (QED) is 0.376. The van der Waals surface area contributed by atoms with Crippen LogP contribution >= 0.6 is 0 Å². The monoisotopic (exact) mass is 522 g/mol. The average molecular weight is 523 g/mol. The molecule has 1 fully saturated rings. The number of hydrogen-bond acceptors (Lipinski definition) is 6. The van der Waals surface area contributed by atoms with E-state index in [0.29, 0.717) is 44.5 Å². The number of aryl methyl sites for hydroxylation is 1. The molecule has 0 atom stereocenters. The van der Waals surface area contributed by atoms with Crippen molar-refractivity contribution < 1.29 is 22.8 Å². The summed E-state index contributed by atoms with van der Waals surface area (Å²) in [7, 11) is 0. The van der Waals surface area contributed by atoms with Crippen molar-refractivity contribution in [3.05, 3.63) is 93.6 Å². The zero-order chi connectivity index (χ0) is 26.9. The topological polar surface area (TPSA) is 84.2 Å². The van der Waals surface area contributed by atoms with Crippen LogP contribution in [0.2, 0.25) is 0 Å². The lowest BCUT2D eigenvalue weighted by molar-refractivity contribution is -0.138. The number of rotatable bonds is 5. The fraction of sp³-hybridized carbons (Fsp3) is 0.321. The molecule has 2 aliphatic heterocycles. The summed E-state index contributed by atoms with van der Waals surface area (Å²) in [6.07, 6.45) is 0.804. The summed E-state index contributed by atoms with van der Waals surface area (Å²) in [5, 5.41) is 6.71. The summed E-state index contributed by atoms with van der Waals surface area (Å²) < 4.78 is 41.1. The first kappa shape index (κ1) is 25.7. The number of halogens is 3. The Morgan fingerprint density at radius 2 is 1.84 bits per heavy atom. The number of hydrogen-bond donors (Lipinski definition) is 0. The predicted octanol–water partition coefficient (Wildman–Crippen LogP) is 6.14. The Hall–Kier alpha value is -3.92. The number of carbonyl (C=O) groups excluding carboxylic acids is 1. The molecule has 2 aliphatic rings. The van der Waals surface area contributed by atoms with Crippen molar-refractivity contribution >= 4 is 11.6 Å². The fourth-order valence-electron chi connectivity index (χ4n) is 5.14. The minimum absolute atomic E-state index is 0.182. The Morgan fingerprint density at radius 1 is 1.11 bits per heavy atom. The van der Waals surface area contributed by atoms with Crippen LogP contribution in [0.15, 0.2) is 71.3 Å². The van der Waals surface area contributed by atoms with Gasteiger partial charge in [0.05, 0.1) is 11.3 Å². The number of nitroso groups, excluding NO2 is 1. The molecule has 1 amide bonds. The molecule has 0 bridgehead atoms. The van der Waals surface area contributed by atoms with Crippen molar-refractivity contribution in [3.8, 4) is 11.1 Å². The Morgan fingerprint density at radius 3 is 2.47 bits per heavy atom. The Labute approximate surface area is 217 Å². The van der Waals surface area contributed by atoms with Gasteiger partial charge in [-0.05, 0) is 53.4 Å². The average Bonchev–Trinajstić information content (AvgIpc) is 3.34. The number of nitrogens with zero attached hydrogens (tertiary/aromatic N) is 4. The highest BCUT2D eigenvalue weighted by atomic mass is 19.4. The molecule has 0 N–H and O–H groups in total. The van der Waals surface area contributed by atoms with Crippen LogP contribution in [-0.2, 0) is 17.6 Å². The Balaban J connectivity index is 1.29. The van der Waals surface area contributed by atoms with E-state index >= 15 is 0 Å². The molecule has 0 radical (unpaired) electrons. The number of carbonyl (C=O) groups is 1. The highest BCUT2D eigenvalue weighted by Gasteiger charge is 2.42. The van der Waals surface area contributed by atoms with Crippen molar-refractivity contribution in [2.45, 2.75) is 44.5 Å². The first-order chi connectivity index (χ1) is 18.2. The van der Waals surface area contributed by atoms with E-state index in [9.17, 15) is 22.9 Å². The van der Waals surface area contributed by atoms with Gasteiger partial charge in [-0.1, -0.05) is 29.4 Å². The van der Waals surface area contributed by atoms with Crippen molar-refractivity contribution in [1.29, 1.82) is 0 Å². The van der Waals surface area contributed by atoms with Crippen LogP contribution in [0.25, 0.3) is 11.1 Å². The molecular formula is C28H25F3N4O3. The minimum atomic E-state index is -4.43. The fourth-order valence-corrected chi connectivity index (χ4v) is 5.14. The van der Waals surface area contributed by atoms with Crippen molar-refractivity contribution in [1.82, 2.24) is 9.88 Å². The predicted molar refractivity (Wildman–Crippen MR) is 135 cm³/mol. The van der Waals surface area contributed by atoms with Crippen molar-refractivity contribution in [3.63, 3.8) is 0 Å². The molecule has 1 aromatic heterocycles. The molecule has 0 saturated carbocycles. The number of pyridine rings is 1. The number of benzene rings is 2. The number of aromatic nitrogens is 1. The second-order valence-corrected chi connectivity index (χ2v) is 9.80. The van der Waals surface area contributed by atoms with Crippen LogP contribution in [0.1, 0.15) is 51.9 Å². The normalized spacial score (nSPS) is 17.2. The van der Waals surface area contributed by atoms with Gasteiger partial charge in [0.15, 0.2) is 0 Å². The number of piperidine rings is 1. The van der Waals surface area contributed by atoms with Gasteiger partial charge in [-0.3, -0.25) is 14.7 Å². The third-order valence-corrected chi connectivity index (χ3v) is 7.28. The molecule has 1 spiro atoms. The molecule has 196 valence electrons. The SMILES string of the molecule is Cc1cc(-c2cccnc2)c(CN2CCC3(CC2)CC(c2ccc(C(=O)N=O)cc2)=NO3)cc1C(F)(F)F. The molecule has 38 heavy (non-hydrogen) atoms. The van der Waals surface area contributed by atoms with Gasteiger partial charge >= 0.3 is 12.1 Å². The largest absolute Gasteiger partial charge is 0.416 e. The molecule has 1 saturated heterocycles. The second-order valence-electron chi connectivity index (χ2n) is 9.80. The van der Waals surface area contributed by atoms with Gasteiger partial charge in [-0.25, -0.2) is 0 Å². The van der Waals surface area contributed by atoms with Gasteiger partial charge in [-0.15, -0.1) is 4.91 Å². The van der Waals surface area contributed by atoms with Gasteiger partial charge in [-0.2, -0.15) is 13.2 Å². The molecule has 3 heterocycles. The van der Waals surface area contributed by atoms with E-state index < -0.39 is 23.2 Å². The van der Waals surface area contributed by atoms with E-state index in [-0.39, 0.29) is 11.1 Å². The number of alkyl halides is 3. The Bertz CT molecular complexity index is 1380. The van der Waals surface area contributed by atoms with Gasteiger partial charge in [0.2, 0.25) is 0 Å². The van der Waals surface area contributed by atoms with Crippen LogP contribution < -0.4 is 0 Å². The third kappa shape index (κ3) is 5.22. The van der Waals surface area contributed by atoms with Crippen LogP contribution in [0.5, 0.6) is 0 Å². The lowest BCUT2D eigenvalue weighted by Gasteiger charge is -2.37. The maximum atomic E-state index is 13.7. The summed E-state index contributed by atoms with van der Waals surface area (Å²) in [4.78, 5) is 34.1. The summed E-state index contributed by atoms with van der Waals surface area (Å²) in [5.74, 6) is -0.826. The number of amides is 1. The van der Waals surface area contributed by atoms with Crippen molar-refractivity contribution in [2.24, 2.45) is 10.3 Å². The highest BCUT2D eigenvalue weighted by Crippen LogP contribution is 2.39. The van der Waals surface area contributed by atoms with Crippen molar-refractivity contribution in [2.75, 3.05) is 13.1 Å². The van der Waals surface area contributed by atoms with E-state index in [0.717, 1.165) is 22.4 Å². The van der Waals surface area contributed by atoms with E-state index in [2.05, 4.69) is 20.2 Å². The summed E-state index contributed by atoms with van der Waals surface area (Å²) in [6.45, 7) is 3.14. The van der Waals surface area contributed by atoms with Gasteiger partial charge in [0.25, 0.3) is 0 Å². The first-order valence-corrected chi connectivity index (χ1v) is 12.2. The van der Waals surface area contributed by atoms with E-state index in [4.69, 9.17) is 4.84 Å². The minimum Gasteiger partial charge on any atom is -0.388 e. The van der Waals surface area contributed by atoms with Gasteiger partial charge < -0.3 is 4.84 Å². The smallest absolute Gasteiger partial charge is 0.388 e. The maximum absolute atomic E-state index is 13.7.